The second-order valence-electron chi connectivity index (χ2n) is 7.25. The highest BCUT2D eigenvalue weighted by Crippen LogP contribution is 2.45. The van der Waals surface area contributed by atoms with Crippen molar-refractivity contribution in [2.24, 2.45) is 5.41 Å². The number of ether oxygens (including phenoxy) is 1. The standard InChI is InChI=1S/C20H27N3O2/c1-2-25-19(24)20-10-8-18-21-11-13-23(18)17(20)9-12-22(15-20)14-16-6-4-3-5-7-16/h3-7,9,18,21H,2,8,10-15H2,1H3. The quantitative estimate of drug-likeness (QED) is 0.848. The molecule has 1 aromatic rings. The first-order valence-corrected chi connectivity index (χ1v) is 9.37. The molecule has 0 radical (unpaired) electrons. The largest absolute Gasteiger partial charge is 0.465 e. The number of hydrogen-bond donors (Lipinski definition) is 1. The Labute approximate surface area is 149 Å². The van der Waals surface area contributed by atoms with Crippen LogP contribution in [0.4, 0.5) is 0 Å². The Balaban J connectivity index is 1.62. The Morgan fingerprint density at radius 2 is 2.20 bits per heavy atom. The molecule has 2 atom stereocenters. The molecule has 4 rings (SSSR count). The molecule has 134 valence electrons. The second kappa shape index (κ2) is 6.81. The molecule has 25 heavy (non-hydrogen) atoms. The average molecular weight is 341 g/mol. The van der Waals surface area contributed by atoms with Gasteiger partial charge in [0.25, 0.3) is 0 Å². The van der Waals surface area contributed by atoms with Crippen LogP contribution < -0.4 is 5.32 Å². The van der Waals surface area contributed by atoms with E-state index in [1.165, 1.54) is 11.3 Å². The Morgan fingerprint density at radius 3 is 3.00 bits per heavy atom. The molecular weight excluding hydrogens is 314 g/mol. The number of esters is 1. The summed E-state index contributed by atoms with van der Waals surface area (Å²) in [5, 5.41) is 3.55. The molecule has 2 unspecified atom stereocenters. The van der Waals surface area contributed by atoms with E-state index in [1.54, 1.807) is 0 Å². The topological polar surface area (TPSA) is 44.8 Å². The maximum atomic E-state index is 13.0. The number of carbonyl (C=O) groups excluding carboxylic acids is 1. The fraction of sp³-hybridized carbons (Fsp3) is 0.550. The van der Waals surface area contributed by atoms with E-state index in [9.17, 15) is 4.79 Å². The maximum absolute atomic E-state index is 13.0. The molecule has 3 aliphatic heterocycles. The Morgan fingerprint density at radius 1 is 1.36 bits per heavy atom. The Hall–Kier alpha value is -1.85. The molecule has 5 nitrogen and oxygen atoms in total. The molecule has 2 fully saturated rings. The van der Waals surface area contributed by atoms with Gasteiger partial charge >= 0.3 is 5.97 Å². The van der Waals surface area contributed by atoms with E-state index in [0.717, 1.165) is 45.6 Å². The number of rotatable bonds is 4. The third-order valence-corrected chi connectivity index (χ3v) is 5.70. The SMILES string of the molecule is CCOC(=O)C12CCC3NCCN3C1=CCN(Cc1ccccc1)C2. The van der Waals surface area contributed by atoms with E-state index in [4.69, 9.17) is 4.74 Å². The van der Waals surface area contributed by atoms with Gasteiger partial charge in [0.15, 0.2) is 0 Å². The van der Waals surface area contributed by atoms with Crippen LogP contribution in [0.25, 0.3) is 0 Å². The first-order chi connectivity index (χ1) is 12.2. The van der Waals surface area contributed by atoms with Gasteiger partial charge in [-0.2, -0.15) is 0 Å². The van der Waals surface area contributed by atoms with Crippen molar-refractivity contribution in [2.45, 2.75) is 32.5 Å². The molecule has 0 amide bonds. The normalized spacial score (nSPS) is 28.9. The summed E-state index contributed by atoms with van der Waals surface area (Å²) in [6.45, 7) is 6.81. The molecule has 2 saturated heterocycles. The molecule has 1 aromatic carbocycles. The number of carbonyl (C=O) groups is 1. The zero-order chi connectivity index (χ0) is 17.3. The van der Waals surface area contributed by atoms with Crippen LogP contribution >= 0.6 is 0 Å². The van der Waals surface area contributed by atoms with Crippen molar-refractivity contribution in [3.05, 3.63) is 47.7 Å². The molecule has 0 bridgehead atoms. The summed E-state index contributed by atoms with van der Waals surface area (Å²) < 4.78 is 5.54. The molecule has 0 aliphatic carbocycles. The number of piperidine rings is 1. The van der Waals surface area contributed by atoms with E-state index in [0.29, 0.717) is 12.8 Å². The molecule has 0 saturated carbocycles. The zero-order valence-corrected chi connectivity index (χ0v) is 14.9. The van der Waals surface area contributed by atoms with Crippen LogP contribution in [0.1, 0.15) is 25.3 Å². The van der Waals surface area contributed by atoms with Gasteiger partial charge in [0.1, 0.15) is 5.41 Å². The fourth-order valence-electron chi connectivity index (χ4n) is 4.59. The smallest absolute Gasteiger partial charge is 0.319 e. The summed E-state index contributed by atoms with van der Waals surface area (Å²) in [6.07, 6.45) is 4.50. The number of hydrogen-bond acceptors (Lipinski definition) is 5. The molecule has 1 N–H and O–H groups in total. The van der Waals surface area contributed by atoms with Gasteiger partial charge in [0.2, 0.25) is 0 Å². The van der Waals surface area contributed by atoms with Crippen LogP contribution in [0.3, 0.4) is 0 Å². The van der Waals surface area contributed by atoms with E-state index in [2.05, 4.69) is 45.5 Å². The van der Waals surface area contributed by atoms with Crippen molar-refractivity contribution in [3.63, 3.8) is 0 Å². The summed E-state index contributed by atoms with van der Waals surface area (Å²) in [4.78, 5) is 17.8. The summed E-state index contributed by atoms with van der Waals surface area (Å²) in [5.74, 6) is -0.0515. The molecule has 3 heterocycles. The van der Waals surface area contributed by atoms with Crippen LogP contribution in [0, 0.1) is 5.41 Å². The van der Waals surface area contributed by atoms with Gasteiger partial charge in [-0.05, 0) is 31.4 Å². The highest BCUT2D eigenvalue weighted by molar-refractivity contribution is 5.81. The molecule has 0 spiro atoms. The van der Waals surface area contributed by atoms with E-state index in [-0.39, 0.29) is 5.97 Å². The van der Waals surface area contributed by atoms with Gasteiger partial charge in [0.05, 0.1) is 12.8 Å². The van der Waals surface area contributed by atoms with Crippen molar-refractivity contribution in [3.8, 4) is 0 Å². The third-order valence-electron chi connectivity index (χ3n) is 5.70. The lowest BCUT2D eigenvalue weighted by Gasteiger charge is -2.49. The van der Waals surface area contributed by atoms with Crippen molar-refractivity contribution in [2.75, 3.05) is 32.8 Å². The Kier molecular flexibility index (Phi) is 4.52. The molecule has 5 heteroatoms. The van der Waals surface area contributed by atoms with Crippen molar-refractivity contribution in [1.29, 1.82) is 0 Å². The van der Waals surface area contributed by atoms with Gasteiger partial charge < -0.3 is 9.64 Å². The lowest BCUT2D eigenvalue weighted by molar-refractivity contribution is -0.158. The van der Waals surface area contributed by atoms with E-state index >= 15 is 0 Å². The number of benzene rings is 1. The average Bonchev–Trinajstić information content (AvgIpc) is 3.11. The first kappa shape index (κ1) is 16.6. The highest BCUT2D eigenvalue weighted by Gasteiger charge is 2.53. The fourth-order valence-corrected chi connectivity index (χ4v) is 4.59. The number of fused-ring (bicyclic) bond motifs is 3. The predicted molar refractivity (Wildman–Crippen MR) is 96.6 cm³/mol. The zero-order valence-electron chi connectivity index (χ0n) is 14.9. The Bertz CT molecular complexity index is 660. The van der Waals surface area contributed by atoms with Crippen LogP contribution in [-0.4, -0.2) is 54.7 Å². The minimum Gasteiger partial charge on any atom is -0.465 e. The summed E-state index contributed by atoms with van der Waals surface area (Å²) in [5.41, 5.74) is 1.97. The minimum atomic E-state index is -0.508. The summed E-state index contributed by atoms with van der Waals surface area (Å²) in [6, 6.07) is 10.5. The number of nitrogens with zero attached hydrogens (tertiary/aromatic N) is 2. The molecule has 3 aliphatic rings. The van der Waals surface area contributed by atoms with Gasteiger partial charge in [-0.3, -0.25) is 15.0 Å². The third kappa shape index (κ3) is 2.96. The van der Waals surface area contributed by atoms with Crippen LogP contribution in [0.15, 0.2) is 42.1 Å². The first-order valence-electron chi connectivity index (χ1n) is 9.37. The van der Waals surface area contributed by atoms with Gasteiger partial charge in [-0.1, -0.05) is 30.3 Å². The summed E-state index contributed by atoms with van der Waals surface area (Å²) >= 11 is 0. The highest BCUT2D eigenvalue weighted by atomic mass is 16.5. The lowest BCUT2D eigenvalue weighted by atomic mass is 9.73. The predicted octanol–water partition coefficient (Wildman–Crippen LogP) is 1.96. The van der Waals surface area contributed by atoms with Gasteiger partial charge in [-0.25, -0.2) is 0 Å². The molecule has 0 aromatic heterocycles. The molecular formula is C20H27N3O2. The van der Waals surface area contributed by atoms with Crippen molar-refractivity contribution < 1.29 is 9.53 Å². The minimum absolute atomic E-state index is 0.0515. The second-order valence-corrected chi connectivity index (χ2v) is 7.25. The summed E-state index contributed by atoms with van der Waals surface area (Å²) in [7, 11) is 0. The van der Waals surface area contributed by atoms with Crippen LogP contribution in [0.2, 0.25) is 0 Å². The van der Waals surface area contributed by atoms with E-state index < -0.39 is 5.41 Å². The van der Waals surface area contributed by atoms with Crippen LogP contribution in [0.5, 0.6) is 0 Å². The van der Waals surface area contributed by atoms with Gasteiger partial charge in [-0.15, -0.1) is 0 Å². The van der Waals surface area contributed by atoms with Crippen molar-refractivity contribution in [1.82, 2.24) is 15.1 Å². The van der Waals surface area contributed by atoms with E-state index in [1.807, 2.05) is 13.0 Å². The maximum Gasteiger partial charge on any atom is 0.319 e. The van der Waals surface area contributed by atoms with Gasteiger partial charge in [0, 0.05) is 38.4 Å². The van der Waals surface area contributed by atoms with Crippen LogP contribution in [-0.2, 0) is 16.1 Å². The lowest BCUT2D eigenvalue weighted by Crippen LogP contribution is -2.57. The monoisotopic (exact) mass is 341 g/mol. The number of nitrogens with one attached hydrogen (secondary N) is 1. The van der Waals surface area contributed by atoms with Crippen molar-refractivity contribution >= 4 is 5.97 Å².